The van der Waals surface area contributed by atoms with Crippen molar-refractivity contribution in [2.24, 2.45) is 0 Å². The second kappa shape index (κ2) is 7.92. The maximum absolute atomic E-state index is 13.7. The summed E-state index contributed by atoms with van der Waals surface area (Å²) in [6, 6.07) is 9.66. The minimum Gasteiger partial charge on any atom is -0.467 e. The van der Waals surface area contributed by atoms with Crippen molar-refractivity contribution in [1.29, 1.82) is 0 Å². The standard InChI is InChI=1S/C18H22FNO3/c1-12(14-6-3-4-7-15(14)19)10-18(22)20-13(2)11-16(21)17-8-5-9-23-17/h3-9,12-13,16,21H,10-11H2,1-2H3,(H,20,22). The number of carbonyl (C=O) groups is 1. The van der Waals surface area contributed by atoms with Gasteiger partial charge in [-0.1, -0.05) is 25.1 Å². The van der Waals surface area contributed by atoms with Gasteiger partial charge >= 0.3 is 0 Å². The van der Waals surface area contributed by atoms with Crippen LogP contribution in [0.1, 0.15) is 50.0 Å². The molecule has 0 bridgehead atoms. The highest BCUT2D eigenvalue weighted by molar-refractivity contribution is 5.77. The van der Waals surface area contributed by atoms with E-state index in [4.69, 9.17) is 4.42 Å². The van der Waals surface area contributed by atoms with Crippen molar-refractivity contribution in [2.75, 3.05) is 0 Å². The van der Waals surface area contributed by atoms with Crippen LogP contribution >= 0.6 is 0 Å². The first kappa shape index (κ1) is 17.2. The third-order valence-corrected chi connectivity index (χ3v) is 3.78. The number of carbonyl (C=O) groups excluding carboxylic acids is 1. The topological polar surface area (TPSA) is 62.5 Å². The molecule has 1 aromatic heterocycles. The summed E-state index contributed by atoms with van der Waals surface area (Å²) >= 11 is 0. The van der Waals surface area contributed by atoms with Gasteiger partial charge in [0, 0.05) is 18.9 Å². The lowest BCUT2D eigenvalue weighted by Crippen LogP contribution is -2.34. The number of aliphatic hydroxyl groups is 1. The average Bonchev–Trinajstić information content (AvgIpc) is 3.01. The van der Waals surface area contributed by atoms with Gasteiger partial charge in [-0.2, -0.15) is 0 Å². The summed E-state index contributed by atoms with van der Waals surface area (Å²) < 4.78 is 18.8. The SMILES string of the molecule is CC(CC(O)c1ccco1)NC(=O)CC(C)c1ccccc1F. The molecule has 3 atom stereocenters. The molecule has 23 heavy (non-hydrogen) atoms. The van der Waals surface area contributed by atoms with Crippen molar-refractivity contribution < 1.29 is 18.7 Å². The van der Waals surface area contributed by atoms with Crippen LogP contribution in [-0.4, -0.2) is 17.1 Å². The Bertz CT molecular complexity index is 627. The monoisotopic (exact) mass is 319 g/mol. The fraction of sp³-hybridized carbons (Fsp3) is 0.389. The first-order valence-electron chi connectivity index (χ1n) is 7.72. The molecule has 0 spiro atoms. The molecule has 0 aliphatic heterocycles. The van der Waals surface area contributed by atoms with Gasteiger partial charge in [0.25, 0.3) is 0 Å². The van der Waals surface area contributed by atoms with Crippen molar-refractivity contribution in [3.8, 4) is 0 Å². The summed E-state index contributed by atoms with van der Waals surface area (Å²) in [5.41, 5.74) is 0.533. The average molecular weight is 319 g/mol. The van der Waals surface area contributed by atoms with Crippen LogP contribution in [0.3, 0.4) is 0 Å². The molecule has 124 valence electrons. The Hall–Kier alpha value is -2.14. The van der Waals surface area contributed by atoms with Gasteiger partial charge in [0.1, 0.15) is 17.7 Å². The van der Waals surface area contributed by atoms with Crippen LogP contribution < -0.4 is 5.32 Å². The van der Waals surface area contributed by atoms with Crippen LogP contribution in [0.2, 0.25) is 0 Å². The zero-order valence-corrected chi connectivity index (χ0v) is 13.3. The van der Waals surface area contributed by atoms with E-state index < -0.39 is 6.10 Å². The molecule has 0 aliphatic carbocycles. The smallest absolute Gasteiger partial charge is 0.220 e. The zero-order chi connectivity index (χ0) is 16.8. The summed E-state index contributed by atoms with van der Waals surface area (Å²) in [6.45, 7) is 3.64. The van der Waals surface area contributed by atoms with Crippen LogP contribution in [0.25, 0.3) is 0 Å². The molecule has 1 amide bonds. The molecular formula is C18H22FNO3. The van der Waals surface area contributed by atoms with Crippen molar-refractivity contribution in [3.05, 3.63) is 59.8 Å². The van der Waals surface area contributed by atoms with E-state index in [0.717, 1.165) is 0 Å². The van der Waals surface area contributed by atoms with Gasteiger partial charge in [-0.3, -0.25) is 4.79 Å². The molecule has 2 N–H and O–H groups in total. The van der Waals surface area contributed by atoms with Crippen LogP contribution in [-0.2, 0) is 4.79 Å². The molecule has 0 fully saturated rings. The van der Waals surface area contributed by atoms with E-state index in [9.17, 15) is 14.3 Å². The molecule has 0 aliphatic rings. The normalized spacial score (nSPS) is 15.0. The Kier molecular flexibility index (Phi) is 5.93. The maximum atomic E-state index is 13.7. The Morgan fingerprint density at radius 1 is 1.26 bits per heavy atom. The predicted octanol–water partition coefficient (Wildman–Crippen LogP) is 3.54. The minimum atomic E-state index is -0.760. The van der Waals surface area contributed by atoms with Crippen LogP contribution in [0.15, 0.2) is 47.1 Å². The third kappa shape index (κ3) is 4.93. The van der Waals surface area contributed by atoms with E-state index in [1.54, 1.807) is 30.3 Å². The Balaban J connectivity index is 1.83. The maximum Gasteiger partial charge on any atom is 0.220 e. The predicted molar refractivity (Wildman–Crippen MR) is 85.3 cm³/mol. The van der Waals surface area contributed by atoms with Crippen LogP contribution in [0, 0.1) is 5.82 Å². The van der Waals surface area contributed by atoms with E-state index in [-0.39, 0.29) is 30.1 Å². The van der Waals surface area contributed by atoms with Crippen molar-refractivity contribution in [2.45, 2.75) is 44.8 Å². The highest BCUT2D eigenvalue weighted by atomic mass is 19.1. The number of hydrogen-bond acceptors (Lipinski definition) is 3. The van der Waals surface area contributed by atoms with Gasteiger partial charge in [0.2, 0.25) is 5.91 Å². The summed E-state index contributed by atoms with van der Waals surface area (Å²) in [6.07, 6.45) is 1.29. The van der Waals surface area contributed by atoms with Gasteiger partial charge in [0.15, 0.2) is 0 Å². The highest BCUT2D eigenvalue weighted by Crippen LogP contribution is 2.22. The fourth-order valence-corrected chi connectivity index (χ4v) is 2.59. The second-order valence-corrected chi connectivity index (χ2v) is 5.86. The molecule has 2 rings (SSSR count). The lowest BCUT2D eigenvalue weighted by atomic mass is 9.96. The number of aliphatic hydroxyl groups excluding tert-OH is 1. The first-order valence-corrected chi connectivity index (χ1v) is 7.72. The minimum absolute atomic E-state index is 0.167. The van der Waals surface area contributed by atoms with Crippen molar-refractivity contribution >= 4 is 5.91 Å². The molecule has 1 aromatic carbocycles. The summed E-state index contributed by atoms with van der Waals surface area (Å²) in [5, 5.41) is 12.8. The second-order valence-electron chi connectivity index (χ2n) is 5.86. The number of hydrogen-bond donors (Lipinski definition) is 2. The Labute approximate surface area is 135 Å². The molecule has 4 nitrogen and oxygen atoms in total. The van der Waals surface area contributed by atoms with Crippen LogP contribution in [0.5, 0.6) is 0 Å². The van der Waals surface area contributed by atoms with E-state index in [1.807, 2.05) is 13.8 Å². The molecular weight excluding hydrogens is 297 g/mol. The first-order chi connectivity index (χ1) is 11.0. The number of nitrogens with one attached hydrogen (secondary N) is 1. The van der Waals surface area contributed by atoms with Gasteiger partial charge in [-0.15, -0.1) is 0 Å². The number of benzene rings is 1. The lowest BCUT2D eigenvalue weighted by Gasteiger charge is -2.18. The fourth-order valence-electron chi connectivity index (χ4n) is 2.59. The Morgan fingerprint density at radius 3 is 2.65 bits per heavy atom. The van der Waals surface area contributed by atoms with Crippen molar-refractivity contribution in [1.82, 2.24) is 5.32 Å². The largest absolute Gasteiger partial charge is 0.467 e. The molecule has 0 radical (unpaired) electrons. The van der Waals surface area contributed by atoms with Gasteiger partial charge < -0.3 is 14.8 Å². The summed E-state index contributed by atoms with van der Waals surface area (Å²) in [7, 11) is 0. The molecule has 1 heterocycles. The van der Waals surface area contributed by atoms with Gasteiger partial charge in [-0.25, -0.2) is 4.39 Å². The molecule has 2 aromatic rings. The van der Waals surface area contributed by atoms with E-state index in [0.29, 0.717) is 17.7 Å². The summed E-state index contributed by atoms with van der Waals surface area (Å²) in [5.74, 6) is -0.196. The van der Waals surface area contributed by atoms with Crippen LogP contribution in [0.4, 0.5) is 4.39 Å². The van der Waals surface area contributed by atoms with Gasteiger partial charge in [-0.05, 0) is 36.6 Å². The summed E-state index contributed by atoms with van der Waals surface area (Å²) in [4.78, 5) is 12.1. The van der Waals surface area contributed by atoms with E-state index >= 15 is 0 Å². The molecule has 0 saturated heterocycles. The van der Waals surface area contributed by atoms with Gasteiger partial charge in [0.05, 0.1) is 6.26 Å². The number of amides is 1. The molecule has 5 heteroatoms. The van der Waals surface area contributed by atoms with E-state index in [1.165, 1.54) is 12.3 Å². The molecule has 3 unspecified atom stereocenters. The van der Waals surface area contributed by atoms with E-state index in [2.05, 4.69) is 5.32 Å². The number of furan rings is 1. The lowest BCUT2D eigenvalue weighted by molar-refractivity contribution is -0.122. The Morgan fingerprint density at radius 2 is 2.00 bits per heavy atom. The third-order valence-electron chi connectivity index (χ3n) is 3.78. The molecule has 0 saturated carbocycles. The van der Waals surface area contributed by atoms with Crippen molar-refractivity contribution in [3.63, 3.8) is 0 Å². The quantitative estimate of drug-likeness (QED) is 0.820. The zero-order valence-electron chi connectivity index (χ0n) is 13.3. The number of rotatable bonds is 7. The highest BCUT2D eigenvalue weighted by Gasteiger charge is 2.19. The number of halogens is 1.